The number of carbonyl (C=O) groups is 2. The van der Waals surface area contributed by atoms with Gasteiger partial charge in [-0.25, -0.2) is 10.2 Å². The first kappa shape index (κ1) is 20.9. The van der Waals surface area contributed by atoms with Crippen molar-refractivity contribution in [2.24, 2.45) is 5.10 Å². The predicted octanol–water partition coefficient (Wildman–Crippen LogP) is 4.34. The number of esters is 1. The molecule has 0 aromatic heterocycles. The van der Waals surface area contributed by atoms with Crippen LogP contribution >= 0.6 is 15.9 Å². The fraction of sp³-hybridized carbons (Fsp3) is 0. The molecule has 150 valence electrons. The summed E-state index contributed by atoms with van der Waals surface area (Å²) < 4.78 is 6.16. The lowest BCUT2D eigenvalue weighted by atomic mass is 10.2. The van der Waals surface area contributed by atoms with Gasteiger partial charge in [0.15, 0.2) is 0 Å². The number of nitrogens with one attached hydrogen (secondary N) is 1. The molecule has 0 unspecified atom stereocenters. The van der Waals surface area contributed by atoms with Crippen molar-refractivity contribution in [3.63, 3.8) is 0 Å². The number of ether oxygens (including phenoxy) is 1. The normalized spacial score (nSPS) is 10.6. The summed E-state index contributed by atoms with van der Waals surface area (Å²) in [5.74, 6) is -0.691. The third-order valence-electron chi connectivity index (χ3n) is 3.87. The fourth-order valence-electron chi connectivity index (χ4n) is 2.36. The van der Waals surface area contributed by atoms with E-state index in [1.165, 1.54) is 30.5 Å². The Morgan fingerprint density at radius 3 is 2.37 bits per heavy atom. The number of nitro benzene ring substituents is 1. The Hall–Kier alpha value is -3.85. The Labute approximate surface area is 179 Å². The van der Waals surface area contributed by atoms with Crippen molar-refractivity contribution in [2.75, 3.05) is 0 Å². The molecule has 1 N–H and O–H groups in total. The first-order chi connectivity index (χ1) is 14.4. The van der Waals surface area contributed by atoms with E-state index in [1.54, 1.807) is 48.5 Å². The zero-order valence-electron chi connectivity index (χ0n) is 15.3. The second kappa shape index (κ2) is 9.57. The second-order valence-corrected chi connectivity index (χ2v) is 6.89. The molecule has 0 bridgehead atoms. The lowest BCUT2D eigenvalue weighted by Crippen LogP contribution is -2.17. The van der Waals surface area contributed by atoms with E-state index in [9.17, 15) is 19.7 Å². The predicted molar refractivity (Wildman–Crippen MR) is 114 cm³/mol. The van der Waals surface area contributed by atoms with E-state index in [0.29, 0.717) is 16.9 Å². The number of rotatable bonds is 6. The fourth-order valence-corrected chi connectivity index (χ4v) is 2.63. The largest absolute Gasteiger partial charge is 0.423 e. The van der Waals surface area contributed by atoms with Gasteiger partial charge in [0.25, 0.3) is 11.6 Å². The van der Waals surface area contributed by atoms with Crippen molar-refractivity contribution >= 4 is 39.7 Å². The van der Waals surface area contributed by atoms with Gasteiger partial charge < -0.3 is 4.74 Å². The zero-order chi connectivity index (χ0) is 21.5. The molecular weight excluding hydrogens is 454 g/mol. The zero-order valence-corrected chi connectivity index (χ0v) is 16.9. The summed E-state index contributed by atoms with van der Waals surface area (Å²) >= 11 is 3.30. The van der Waals surface area contributed by atoms with E-state index in [2.05, 4.69) is 26.5 Å². The monoisotopic (exact) mass is 467 g/mol. The number of nitro groups is 1. The molecule has 0 fully saturated rings. The maximum absolute atomic E-state index is 12.1. The minimum atomic E-state index is -0.578. The maximum Gasteiger partial charge on any atom is 0.343 e. The van der Waals surface area contributed by atoms with Crippen LogP contribution < -0.4 is 10.2 Å². The minimum Gasteiger partial charge on any atom is -0.423 e. The van der Waals surface area contributed by atoms with Gasteiger partial charge in [0, 0.05) is 22.2 Å². The molecule has 0 saturated heterocycles. The van der Waals surface area contributed by atoms with Crippen LogP contribution in [0.3, 0.4) is 0 Å². The quantitative estimate of drug-likeness (QED) is 0.190. The molecule has 9 heteroatoms. The van der Waals surface area contributed by atoms with Crippen molar-refractivity contribution in [3.05, 3.63) is 104 Å². The Bertz CT molecular complexity index is 1110. The molecule has 30 heavy (non-hydrogen) atoms. The van der Waals surface area contributed by atoms with Crippen LogP contribution in [0, 0.1) is 10.1 Å². The van der Waals surface area contributed by atoms with Gasteiger partial charge in [0.1, 0.15) is 5.75 Å². The van der Waals surface area contributed by atoms with Gasteiger partial charge in [-0.15, -0.1) is 0 Å². The maximum atomic E-state index is 12.1. The van der Waals surface area contributed by atoms with Crippen LogP contribution in [0.25, 0.3) is 0 Å². The topological polar surface area (TPSA) is 111 Å². The van der Waals surface area contributed by atoms with E-state index in [1.807, 2.05) is 0 Å². The number of halogens is 1. The number of benzene rings is 3. The lowest BCUT2D eigenvalue weighted by molar-refractivity contribution is -0.384. The van der Waals surface area contributed by atoms with Crippen molar-refractivity contribution in [3.8, 4) is 5.75 Å². The Morgan fingerprint density at radius 1 is 1.00 bits per heavy atom. The summed E-state index contributed by atoms with van der Waals surface area (Å²) in [5, 5.41) is 14.6. The van der Waals surface area contributed by atoms with E-state index < -0.39 is 16.8 Å². The third-order valence-corrected chi connectivity index (χ3v) is 4.40. The van der Waals surface area contributed by atoms with Gasteiger partial charge >= 0.3 is 5.97 Å². The smallest absolute Gasteiger partial charge is 0.343 e. The summed E-state index contributed by atoms with van der Waals surface area (Å²) in [6.07, 6.45) is 1.40. The van der Waals surface area contributed by atoms with Gasteiger partial charge in [-0.1, -0.05) is 22.0 Å². The van der Waals surface area contributed by atoms with E-state index in [-0.39, 0.29) is 11.3 Å². The molecule has 0 radical (unpaired) electrons. The molecule has 3 rings (SSSR count). The highest BCUT2D eigenvalue weighted by Crippen LogP contribution is 2.16. The van der Waals surface area contributed by atoms with Crippen molar-refractivity contribution in [1.29, 1.82) is 0 Å². The first-order valence-corrected chi connectivity index (χ1v) is 9.37. The lowest BCUT2D eigenvalue weighted by Gasteiger charge is -2.05. The summed E-state index contributed by atoms with van der Waals surface area (Å²) in [5.41, 5.74) is 3.32. The van der Waals surface area contributed by atoms with E-state index >= 15 is 0 Å². The number of hydrogen-bond donors (Lipinski definition) is 1. The number of carbonyl (C=O) groups excluding carboxylic acids is 2. The van der Waals surface area contributed by atoms with Gasteiger partial charge in [-0.2, -0.15) is 5.10 Å². The summed E-state index contributed by atoms with van der Waals surface area (Å²) in [6, 6.07) is 18.6. The first-order valence-electron chi connectivity index (χ1n) is 8.58. The van der Waals surface area contributed by atoms with Gasteiger partial charge in [-0.3, -0.25) is 14.9 Å². The summed E-state index contributed by atoms with van der Waals surface area (Å²) in [4.78, 5) is 34.3. The number of hydrogen-bond acceptors (Lipinski definition) is 6. The SMILES string of the molecule is O=C(NN=Cc1ccc(OC(=O)c2ccc(Br)cc2)cc1)c1cccc([N+](=O)[O-])c1. The molecule has 3 aromatic rings. The average molecular weight is 468 g/mol. The van der Waals surface area contributed by atoms with Crippen LogP contribution in [0.15, 0.2) is 82.4 Å². The second-order valence-electron chi connectivity index (χ2n) is 5.97. The van der Waals surface area contributed by atoms with Crippen LogP contribution in [-0.4, -0.2) is 23.0 Å². The summed E-state index contributed by atoms with van der Waals surface area (Å²) in [7, 11) is 0. The molecular formula is C21H14BrN3O5. The molecule has 0 aliphatic rings. The molecule has 8 nitrogen and oxygen atoms in total. The minimum absolute atomic E-state index is 0.122. The van der Waals surface area contributed by atoms with Crippen molar-refractivity contribution in [2.45, 2.75) is 0 Å². The number of non-ortho nitro benzene ring substituents is 1. The van der Waals surface area contributed by atoms with E-state index in [0.717, 1.165) is 4.47 Å². The van der Waals surface area contributed by atoms with Crippen molar-refractivity contribution in [1.82, 2.24) is 5.43 Å². The Balaban J connectivity index is 1.57. The van der Waals surface area contributed by atoms with Crippen LogP contribution in [0.5, 0.6) is 5.75 Å². The van der Waals surface area contributed by atoms with Gasteiger partial charge in [-0.05, 0) is 60.2 Å². The average Bonchev–Trinajstić information content (AvgIpc) is 2.75. The molecule has 0 aliphatic carbocycles. The summed E-state index contributed by atoms with van der Waals surface area (Å²) in [6.45, 7) is 0. The molecule has 1 amide bonds. The van der Waals surface area contributed by atoms with Crippen molar-refractivity contribution < 1.29 is 19.2 Å². The molecule has 0 aliphatic heterocycles. The van der Waals surface area contributed by atoms with Crippen LogP contribution in [0.4, 0.5) is 5.69 Å². The van der Waals surface area contributed by atoms with Crippen LogP contribution in [-0.2, 0) is 0 Å². The molecule has 3 aromatic carbocycles. The number of hydrazone groups is 1. The molecule has 0 spiro atoms. The number of amides is 1. The van der Waals surface area contributed by atoms with Gasteiger partial charge in [0.05, 0.1) is 16.7 Å². The Morgan fingerprint density at radius 2 is 1.70 bits per heavy atom. The Kier molecular flexibility index (Phi) is 6.66. The third kappa shape index (κ3) is 5.58. The molecule has 0 saturated carbocycles. The highest BCUT2D eigenvalue weighted by Gasteiger charge is 2.11. The molecule has 0 atom stereocenters. The van der Waals surface area contributed by atoms with Crippen LogP contribution in [0.2, 0.25) is 0 Å². The van der Waals surface area contributed by atoms with Gasteiger partial charge in [0.2, 0.25) is 0 Å². The standard InChI is InChI=1S/C21H14BrN3O5/c22-17-8-6-15(7-9-17)21(27)30-19-10-4-14(5-11-19)13-23-24-20(26)16-2-1-3-18(12-16)25(28)29/h1-13H,(H,24,26). The van der Waals surface area contributed by atoms with E-state index in [4.69, 9.17) is 4.74 Å². The molecule has 0 heterocycles. The highest BCUT2D eigenvalue weighted by molar-refractivity contribution is 9.10. The number of nitrogens with zero attached hydrogens (tertiary/aromatic N) is 2. The highest BCUT2D eigenvalue weighted by atomic mass is 79.9. The van der Waals surface area contributed by atoms with Crippen LogP contribution in [0.1, 0.15) is 26.3 Å².